The molecule has 136 valence electrons. The first-order valence-electron chi connectivity index (χ1n) is 8.14. The maximum atomic E-state index is 12.5. The fourth-order valence-electron chi connectivity index (χ4n) is 2.51. The van der Waals surface area contributed by atoms with Crippen LogP contribution in [0.25, 0.3) is 0 Å². The van der Waals surface area contributed by atoms with Crippen molar-refractivity contribution >= 4 is 46.0 Å². The van der Waals surface area contributed by atoms with E-state index in [1.54, 1.807) is 34.9 Å². The van der Waals surface area contributed by atoms with Gasteiger partial charge in [-0.3, -0.25) is 14.7 Å². The molecule has 0 atom stereocenters. The molecule has 0 N–H and O–H groups in total. The van der Waals surface area contributed by atoms with Gasteiger partial charge in [0.1, 0.15) is 5.75 Å². The third-order valence-electron chi connectivity index (χ3n) is 3.97. The molecular weight excluding hydrogens is 391 g/mol. The topological polar surface area (TPSA) is 41.9 Å². The van der Waals surface area contributed by atoms with Crippen LogP contribution in [-0.4, -0.2) is 35.7 Å². The van der Waals surface area contributed by atoms with E-state index in [0.717, 1.165) is 10.9 Å². The van der Waals surface area contributed by atoms with Crippen LogP contribution >= 0.6 is 35.0 Å². The normalized spacial score (nSPS) is 13.7. The lowest BCUT2D eigenvalue weighted by atomic mass is 10.1. The summed E-state index contributed by atoms with van der Waals surface area (Å²) in [5.74, 6) is 1.08. The number of benzene rings is 2. The van der Waals surface area contributed by atoms with Gasteiger partial charge in [0, 0.05) is 17.3 Å². The molecule has 0 aromatic heterocycles. The Morgan fingerprint density at radius 2 is 2.08 bits per heavy atom. The van der Waals surface area contributed by atoms with Crippen LogP contribution in [-0.2, 0) is 10.5 Å². The third kappa shape index (κ3) is 4.72. The number of hydrogen-bond donors (Lipinski definition) is 0. The molecule has 0 spiro atoms. The number of halogens is 2. The minimum absolute atomic E-state index is 0.0920. The molecule has 0 fully saturated rings. The Labute approximate surface area is 167 Å². The average Bonchev–Trinajstić information content (AvgIpc) is 3.09. The Morgan fingerprint density at radius 1 is 1.27 bits per heavy atom. The summed E-state index contributed by atoms with van der Waals surface area (Å²) in [7, 11) is 0. The Morgan fingerprint density at radius 3 is 2.85 bits per heavy atom. The van der Waals surface area contributed by atoms with Gasteiger partial charge in [0.15, 0.2) is 11.8 Å². The molecule has 2 aromatic carbocycles. The number of aliphatic imine (C=N–C) groups is 1. The van der Waals surface area contributed by atoms with E-state index in [1.807, 2.05) is 12.1 Å². The van der Waals surface area contributed by atoms with E-state index in [-0.39, 0.29) is 12.5 Å². The Bertz CT molecular complexity index is 842. The molecule has 26 heavy (non-hydrogen) atoms. The molecule has 7 heteroatoms. The molecule has 1 aliphatic rings. The molecule has 1 amide bonds. The highest BCUT2D eigenvalue weighted by Crippen LogP contribution is 2.28. The van der Waals surface area contributed by atoms with Crippen LogP contribution in [0, 0.1) is 6.92 Å². The van der Waals surface area contributed by atoms with E-state index in [2.05, 4.69) is 24.0 Å². The highest BCUT2D eigenvalue weighted by atomic mass is 35.5. The minimum Gasteiger partial charge on any atom is -0.482 e. The van der Waals surface area contributed by atoms with Gasteiger partial charge in [-0.2, -0.15) is 0 Å². The highest BCUT2D eigenvalue weighted by molar-refractivity contribution is 8.13. The molecule has 0 radical (unpaired) electrons. The molecule has 0 unspecified atom stereocenters. The number of carbonyl (C=O) groups is 1. The summed E-state index contributed by atoms with van der Waals surface area (Å²) in [4.78, 5) is 18.6. The number of aryl methyl sites for hydroxylation is 1. The Kier molecular flexibility index (Phi) is 6.46. The van der Waals surface area contributed by atoms with Crippen molar-refractivity contribution < 1.29 is 9.53 Å². The smallest absolute Gasteiger partial charge is 0.266 e. The number of amidine groups is 1. The van der Waals surface area contributed by atoms with Gasteiger partial charge in [0.25, 0.3) is 5.91 Å². The summed E-state index contributed by atoms with van der Waals surface area (Å²) < 4.78 is 5.55. The zero-order valence-electron chi connectivity index (χ0n) is 14.2. The summed E-state index contributed by atoms with van der Waals surface area (Å²) in [6.45, 7) is 3.18. The van der Waals surface area contributed by atoms with E-state index in [9.17, 15) is 4.79 Å². The predicted molar refractivity (Wildman–Crippen MR) is 108 cm³/mol. The zero-order chi connectivity index (χ0) is 18.5. The van der Waals surface area contributed by atoms with E-state index >= 15 is 0 Å². The average molecular weight is 409 g/mol. The third-order valence-corrected chi connectivity index (χ3v) is 5.56. The summed E-state index contributed by atoms with van der Waals surface area (Å²) in [5, 5.41) is 1.65. The molecule has 2 aromatic rings. The first-order chi connectivity index (χ1) is 12.5. The van der Waals surface area contributed by atoms with Gasteiger partial charge in [-0.15, -0.1) is 0 Å². The molecule has 0 saturated heterocycles. The zero-order valence-corrected chi connectivity index (χ0v) is 16.6. The molecule has 0 bridgehead atoms. The molecule has 0 saturated carbocycles. The predicted octanol–water partition coefficient (Wildman–Crippen LogP) is 4.81. The van der Waals surface area contributed by atoms with Crippen molar-refractivity contribution in [3.05, 3.63) is 63.6 Å². The first-order valence-corrected chi connectivity index (χ1v) is 9.88. The summed E-state index contributed by atoms with van der Waals surface area (Å²) in [5.41, 5.74) is 2.47. The summed E-state index contributed by atoms with van der Waals surface area (Å²) in [6.07, 6.45) is 0. The first kappa shape index (κ1) is 19.1. The van der Waals surface area contributed by atoms with Crippen LogP contribution in [0.5, 0.6) is 5.75 Å². The monoisotopic (exact) mass is 408 g/mol. The fourth-order valence-corrected chi connectivity index (χ4v) is 4.11. The molecular formula is C19H18Cl2N2O2S. The lowest BCUT2D eigenvalue weighted by Crippen LogP contribution is -2.36. The number of ether oxygens (including phenoxy) is 1. The number of nitrogens with zero attached hydrogens (tertiary/aromatic N) is 2. The van der Waals surface area contributed by atoms with Crippen molar-refractivity contribution in [1.29, 1.82) is 0 Å². The van der Waals surface area contributed by atoms with E-state index in [1.165, 1.54) is 11.1 Å². The number of amides is 1. The Balaban J connectivity index is 1.57. The summed E-state index contributed by atoms with van der Waals surface area (Å²) >= 11 is 13.5. The standard InChI is InChI=1S/C19H18Cl2N2O2S/c1-13-4-2-3-5-14(13)12-26-19-22-8-9-23(19)18(24)11-25-17-7-6-15(20)10-16(17)21/h2-7,10H,8-9,11-12H2,1H3. The van der Waals surface area contributed by atoms with E-state index < -0.39 is 0 Å². The van der Waals surface area contributed by atoms with Crippen LogP contribution in [0.1, 0.15) is 11.1 Å². The Hall–Kier alpha value is -1.69. The number of thioether (sulfide) groups is 1. The number of carbonyl (C=O) groups excluding carboxylic acids is 1. The van der Waals surface area contributed by atoms with Gasteiger partial charge in [-0.25, -0.2) is 0 Å². The van der Waals surface area contributed by atoms with Crippen molar-refractivity contribution in [2.45, 2.75) is 12.7 Å². The number of hydrogen-bond acceptors (Lipinski definition) is 4. The molecule has 1 aliphatic heterocycles. The van der Waals surface area contributed by atoms with Gasteiger partial charge in [-0.1, -0.05) is 59.2 Å². The van der Waals surface area contributed by atoms with E-state index in [4.69, 9.17) is 27.9 Å². The van der Waals surface area contributed by atoms with Gasteiger partial charge in [-0.05, 0) is 36.2 Å². The van der Waals surface area contributed by atoms with Crippen LogP contribution in [0.15, 0.2) is 47.5 Å². The quantitative estimate of drug-likeness (QED) is 0.712. The van der Waals surface area contributed by atoms with Crippen LogP contribution < -0.4 is 4.74 Å². The van der Waals surface area contributed by atoms with Gasteiger partial charge < -0.3 is 4.74 Å². The van der Waals surface area contributed by atoms with Crippen LogP contribution in [0.2, 0.25) is 10.0 Å². The maximum Gasteiger partial charge on any atom is 0.266 e. The van der Waals surface area contributed by atoms with Crippen molar-refractivity contribution in [2.24, 2.45) is 4.99 Å². The molecule has 3 rings (SSSR count). The highest BCUT2D eigenvalue weighted by Gasteiger charge is 2.24. The van der Waals surface area contributed by atoms with Crippen molar-refractivity contribution in [3.63, 3.8) is 0 Å². The molecule has 0 aliphatic carbocycles. The minimum atomic E-state index is -0.135. The van der Waals surface area contributed by atoms with Crippen LogP contribution in [0.3, 0.4) is 0 Å². The van der Waals surface area contributed by atoms with Crippen molar-refractivity contribution in [3.8, 4) is 5.75 Å². The largest absolute Gasteiger partial charge is 0.482 e. The fraction of sp³-hybridized carbons (Fsp3) is 0.263. The SMILES string of the molecule is Cc1ccccc1CSC1=NCCN1C(=O)COc1ccc(Cl)cc1Cl. The molecule has 4 nitrogen and oxygen atoms in total. The van der Waals surface area contributed by atoms with Crippen molar-refractivity contribution in [1.82, 2.24) is 4.90 Å². The van der Waals surface area contributed by atoms with Crippen LogP contribution in [0.4, 0.5) is 0 Å². The molecule has 1 heterocycles. The maximum absolute atomic E-state index is 12.5. The second-order valence-electron chi connectivity index (χ2n) is 5.79. The van der Waals surface area contributed by atoms with Crippen molar-refractivity contribution in [2.75, 3.05) is 19.7 Å². The van der Waals surface area contributed by atoms with E-state index in [0.29, 0.717) is 28.9 Å². The van der Waals surface area contributed by atoms with Gasteiger partial charge >= 0.3 is 0 Å². The summed E-state index contributed by atoms with van der Waals surface area (Å²) in [6, 6.07) is 13.1. The number of rotatable bonds is 5. The second kappa shape index (κ2) is 8.80. The lowest BCUT2D eigenvalue weighted by molar-refractivity contribution is -0.128. The van der Waals surface area contributed by atoms with Gasteiger partial charge in [0.2, 0.25) is 0 Å². The second-order valence-corrected chi connectivity index (χ2v) is 7.57. The lowest BCUT2D eigenvalue weighted by Gasteiger charge is -2.18. The van der Waals surface area contributed by atoms with Gasteiger partial charge in [0.05, 0.1) is 11.6 Å².